The van der Waals surface area contributed by atoms with Crippen molar-refractivity contribution in [3.05, 3.63) is 53.6 Å². The Morgan fingerprint density at radius 1 is 1.00 bits per heavy atom. The number of carbonyl (C=O) groups is 1. The van der Waals surface area contributed by atoms with Crippen LogP contribution in [0.3, 0.4) is 0 Å². The van der Waals surface area contributed by atoms with Gasteiger partial charge in [-0.25, -0.2) is 0 Å². The van der Waals surface area contributed by atoms with Crippen LogP contribution >= 0.6 is 0 Å². The Hall–Kier alpha value is -3.00. The van der Waals surface area contributed by atoms with Gasteiger partial charge in [-0.1, -0.05) is 25.0 Å². The number of ether oxygens (including phenoxy) is 2. The van der Waals surface area contributed by atoms with Crippen molar-refractivity contribution >= 4 is 11.6 Å². The van der Waals surface area contributed by atoms with E-state index in [1.807, 2.05) is 24.3 Å². The number of nitrogens with one attached hydrogen (secondary N) is 1. The SMILES string of the molecule is N#CC1(c2ccc(NC(=O)c3ccc4c(c3)OCCO4)cc2)CCCC1. The minimum Gasteiger partial charge on any atom is -0.486 e. The van der Waals surface area contributed by atoms with Crippen molar-refractivity contribution in [3.63, 3.8) is 0 Å². The Morgan fingerprint density at radius 3 is 2.38 bits per heavy atom. The van der Waals surface area contributed by atoms with Crippen molar-refractivity contribution < 1.29 is 14.3 Å². The Kier molecular flexibility index (Phi) is 4.26. The highest BCUT2D eigenvalue weighted by Gasteiger charge is 2.35. The number of rotatable bonds is 3. The highest BCUT2D eigenvalue weighted by atomic mass is 16.6. The highest BCUT2D eigenvalue weighted by molar-refractivity contribution is 6.04. The van der Waals surface area contributed by atoms with Crippen LogP contribution in [0.15, 0.2) is 42.5 Å². The van der Waals surface area contributed by atoms with Gasteiger partial charge in [-0.15, -0.1) is 0 Å². The molecule has 1 aliphatic carbocycles. The van der Waals surface area contributed by atoms with Crippen LogP contribution in [0.2, 0.25) is 0 Å². The molecule has 0 bridgehead atoms. The van der Waals surface area contributed by atoms with E-state index in [0.717, 1.165) is 31.2 Å². The van der Waals surface area contributed by atoms with Gasteiger partial charge in [0.25, 0.3) is 5.91 Å². The average molecular weight is 348 g/mol. The lowest BCUT2D eigenvalue weighted by Gasteiger charge is -2.21. The zero-order valence-electron chi connectivity index (χ0n) is 14.5. The van der Waals surface area contributed by atoms with E-state index in [0.29, 0.717) is 36.0 Å². The molecule has 132 valence electrons. The van der Waals surface area contributed by atoms with Crippen LogP contribution in [-0.4, -0.2) is 19.1 Å². The second kappa shape index (κ2) is 6.72. The average Bonchev–Trinajstić information content (AvgIpc) is 3.18. The standard InChI is InChI=1S/C21H20N2O3/c22-14-21(9-1-2-10-21)16-4-6-17(7-5-16)23-20(24)15-3-8-18-19(13-15)26-12-11-25-18/h3-8,13H,1-2,9-12H2,(H,23,24). The molecule has 1 saturated carbocycles. The number of carbonyl (C=O) groups excluding carboxylic acids is 1. The molecule has 1 amide bonds. The smallest absolute Gasteiger partial charge is 0.255 e. The van der Waals surface area contributed by atoms with E-state index in [1.165, 1.54) is 0 Å². The molecule has 0 unspecified atom stereocenters. The summed E-state index contributed by atoms with van der Waals surface area (Å²) >= 11 is 0. The van der Waals surface area contributed by atoms with E-state index in [-0.39, 0.29) is 11.3 Å². The first kappa shape index (κ1) is 16.5. The highest BCUT2D eigenvalue weighted by Crippen LogP contribution is 2.40. The van der Waals surface area contributed by atoms with Crippen LogP contribution in [0.4, 0.5) is 5.69 Å². The summed E-state index contributed by atoms with van der Waals surface area (Å²) in [7, 11) is 0. The van der Waals surface area contributed by atoms with E-state index >= 15 is 0 Å². The zero-order valence-corrected chi connectivity index (χ0v) is 14.5. The lowest BCUT2D eigenvalue weighted by Crippen LogP contribution is -2.19. The van der Waals surface area contributed by atoms with Crippen LogP contribution < -0.4 is 14.8 Å². The summed E-state index contributed by atoms with van der Waals surface area (Å²) in [6.45, 7) is 1.01. The van der Waals surface area contributed by atoms with E-state index in [1.54, 1.807) is 18.2 Å². The Morgan fingerprint density at radius 2 is 1.69 bits per heavy atom. The number of nitrogens with zero attached hydrogens (tertiary/aromatic N) is 1. The summed E-state index contributed by atoms with van der Waals surface area (Å²) in [6.07, 6.45) is 4.01. The summed E-state index contributed by atoms with van der Waals surface area (Å²) < 4.78 is 11.0. The molecule has 0 atom stereocenters. The second-order valence-corrected chi connectivity index (χ2v) is 6.79. The minimum absolute atomic E-state index is 0.203. The number of nitriles is 1. The fourth-order valence-electron chi connectivity index (χ4n) is 3.70. The monoisotopic (exact) mass is 348 g/mol. The summed E-state index contributed by atoms with van der Waals surface area (Å²) in [6, 6.07) is 15.3. The predicted molar refractivity (Wildman–Crippen MR) is 97.6 cm³/mol. The van der Waals surface area contributed by atoms with Crippen LogP contribution in [0.1, 0.15) is 41.6 Å². The van der Waals surface area contributed by atoms with Crippen molar-refractivity contribution in [1.82, 2.24) is 0 Å². The lowest BCUT2D eigenvalue weighted by molar-refractivity contribution is 0.102. The fourth-order valence-corrected chi connectivity index (χ4v) is 3.70. The van der Waals surface area contributed by atoms with Gasteiger partial charge in [0.05, 0.1) is 11.5 Å². The van der Waals surface area contributed by atoms with Crippen molar-refractivity contribution in [2.45, 2.75) is 31.1 Å². The van der Waals surface area contributed by atoms with Gasteiger partial charge in [0.2, 0.25) is 0 Å². The molecule has 4 rings (SSSR count). The number of anilines is 1. The largest absolute Gasteiger partial charge is 0.486 e. The molecule has 1 heterocycles. The van der Waals surface area contributed by atoms with Gasteiger partial charge in [-0.3, -0.25) is 4.79 Å². The molecule has 0 aromatic heterocycles. The normalized spacial score (nSPS) is 17.3. The molecule has 1 aliphatic heterocycles. The van der Waals surface area contributed by atoms with Crippen LogP contribution in [0.25, 0.3) is 0 Å². The number of fused-ring (bicyclic) bond motifs is 1. The zero-order chi connectivity index (χ0) is 18.0. The fraction of sp³-hybridized carbons (Fsp3) is 0.333. The molecule has 5 heteroatoms. The first-order valence-corrected chi connectivity index (χ1v) is 8.93. The van der Waals surface area contributed by atoms with Crippen LogP contribution in [0.5, 0.6) is 11.5 Å². The van der Waals surface area contributed by atoms with Crippen molar-refractivity contribution in [3.8, 4) is 17.6 Å². The minimum atomic E-state index is -0.363. The molecule has 2 aromatic carbocycles. The molecule has 0 spiro atoms. The maximum Gasteiger partial charge on any atom is 0.255 e. The maximum atomic E-state index is 12.5. The molecule has 5 nitrogen and oxygen atoms in total. The lowest BCUT2D eigenvalue weighted by atomic mass is 9.80. The number of amides is 1. The van der Waals surface area contributed by atoms with E-state index in [9.17, 15) is 10.1 Å². The van der Waals surface area contributed by atoms with E-state index in [2.05, 4.69) is 11.4 Å². The number of benzene rings is 2. The van der Waals surface area contributed by atoms with Crippen molar-refractivity contribution in [2.75, 3.05) is 18.5 Å². The van der Waals surface area contributed by atoms with Crippen molar-refractivity contribution in [2.24, 2.45) is 0 Å². The van der Waals surface area contributed by atoms with Gasteiger partial charge in [-0.2, -0.15) is 5.26 Å². The summed E-state index contributed by atoms with van der Waals surface area (Å²) in [5, 5.41) is 12.5. The molecular formula is C21H20N2O3. The van der Waals surface area contributed by atoms with Crippen LogP contribution in [0, 0.1) is 11.3 Å². The number of hydrogen-bond donors (Lipinski definition) is 1. The molecular weight excluding hydrogens is 328 g/mol. The third kappa shape index (κ3) is 2.99. The summed E-state index contributed by atoms with van der Waals surface area (Å²) in [5.74, 6) is 1.05. The molecule has 0 radical (unpaired) electrons. The van der Waals surface area contributed by atoms with Gasteiger partial charge in [0.1, 0.15) is 13.2 Å². The Labute approximate surface area is 152 Å². The summed E-state index contributed by atoms with van der Waals surface area (Å²) in [4.78, 5) is 12.5. The first-order chi connectivity index (χ1) is 12.7. The molecule has 2 aliphatic rings. The molecule has 1 N–H and O–H groups in total. The summed E-state index contributed by atoms with van der Waals surface area (Å²) in [5.41, 5.74) is 1.90. The van der Waals surface area contributed by atoms with Gasteiger partial charge in [0, 0.05) is 11.3 Å². The Bertz CT molecular complexity index is 862. The van der Waals surface area contributed by atoms with Gasteiger partial charge < -0.3 is 14.8 Å². The maximum absolute atomic E-state index is 12.5. The molecule has 1 fully saturated rings. The first-order valence-electron chi connectivity index (χ1n) is 8.93. The van der Waals surface area contributed by atoms with Gasteiger partial charge in [0.15, 0.2) is 11.5 Å². The number of hydrogen-bond acceptors (Lipinski definition) is 4. The molecule has 2 aromatic rings. The van der Waals surface area contributed by atoms with Crippen LogP contribution in [-0.2, 0) is 5.41 Å². The topological polar surface area (TPSA) is 71.4 Å². The van der Waals surface area contributed by atoms with Gasteiger partial charge >= 0.3 is 0 Å². The Balaban J connectivity index is 1.49. The van der Waals surface area contributed by atoms with Crippen molar-refractivity contribution in [1.29, 1.82) is 5.26 Å². The molecule has 0 saturated heterocycles. The quantitative estimate of drug-likeness (QED) is 0.908. The van der Waals surface area contributed by atoms with Gasteiger partial charge in [-0.05, 0) is 48.7 Å². The molecule has 26 heavy (non-hydrogen) atoms. The third-order valence-electron chi connectivity index (χ3n) is 5.17. The second-order valence-electron chi connectivity index (χ2n) is 6.79. The third-order valence-corrected chi connectivity index (χ3v) is 5.17. The van der Waals surface area contributed by atoms with E-state index in [4.69, 9.17) is 9.47 Å². The predicted octanol–water partition coefficient (Wildman–Crippen LogP) is 4.05. The van der Waals surface area contributed by atoms with E-state index < -0.39 is 0 Å².